The highest BCUT2D eigenvalue weighted by Crippen LogP contribution is 2.53. The van der Waals surface area contributed by atoms with Gasteiger partial charge in [-0.2, -0.15) is 0 Å². The maximum Gasteiger partial charge on any atom is 0.0704 e. The Hall–Kier alpha value is -0.120. The van der Waals surface area contributed by atoms with E-state index >= 15 is 0 Å². The van der Waals surface area contributed by atoms with Crippen molar-refractivity contribution in [1.29, 1.82) is 0 Å². The zero-order valence-corrected chi connectivity index (χ0v) is 12.0. The van der Waals surface area contributed by atoms with Crippen molar-refractivity contribution in [3.05, 3.63) is 0 Å². The summed E-state index contributed by atoms with van der Waals surface area (Å²) < 4.78 is 11.4. The average molecular weight is 255 g/mol. The average Bonchev–Trinajstić information content (AvgIpc) is 2.42. The van der Waals surface area contributed by atoms with Gasteiger partial charge in [-0.15, -0.1) is 0 Å². The van der Waals surface area contributed by atoms with Gasteiger partial charge in [-0.3, -0.25) is 0 Å². The lowest BCUT2D eigenvalue weighted by Crippen LogP contribution is -2.64. The lowest BCUT2D eigenvalue weighted by Gasteiger charge is -2.58. The molecule has 1 N–H and O–H groups in total. The van der Waals surface area contributed by atoms with Crippen molar-refractivity contribution in [2.24, 2.45) is 5.41 Å². The Morgan fingerprint density at radius 3 is 2.56 bits per heavy atom. The molecular formula is C15H29NO2. The van der Waals surface area contributed by atoms with E-state index < -0.39 is 0 Å². The lowest BCUT2D eigenvalue weighted by atomic mass is 9.55. The van der Waals surface area contributed by atoms with Gasteiger partial charge in [0.1, 0.15) is 0 Å². The molecular weight excluding hydrogens is 226 g/mol. The normalized spacial score (nSPS) is 30.3. The first-order chi connectivity index (χ1) is 8.83. The third-order valence-corrected chi connectivity index (χ3v) is 4.77. The van der Waals surface area contributed by atoms with Crippen LogP contribution in [0.5, 0.6) is 0 Å². The Morgan fingerprint density at radius 2 is 1.89 bits per heavy atom. The van der Waals surface area contributed by atoms with E-state index in [0.29, 0.717) is 17.6 Å². The van der Waals surface area contributed by atoms with Crippen LogP contribution in [0, 0.1) is 5.41 Å². The van der Waals surface area contributed by atoms with Gasteiger partial charge in [-0.25, -0.2) is 0 Å². The first-order valence-electron chi connectivity index (χ1n) is 7.76. The van der Waals surface area contributed by atoms with Crippen molar-refractivity contribution in [2.45, 2.75) is 64.5 Å². The second-order valence-electron chi connectivity index (χ2n) is 5.70. The second-order valence-corrected chi connectivity index (χ2v) is 5.70. The fourth-order valence-electron chi connectivity index (χ4n) is 3.79. The molecule has 2 saturated carbocycles. The molecule has 0 amide bonds. The molecule has 2 fully saturated rings. The van der Waals surface area contributed by atoms with Crippen molar-refractivity contribution < 1.29 is 9.47 Å². The van der Waals surface area contributed by atoms with Gasteiger partial charge in [-0.05, 0) is 32.7 Å². The van der Waals surface area contributed by atoms with E-state index in [1.54, 1.807) is 0 Å². The SMILES string of the molecule is CCNC1CC(OCCOCC)C12CCCCC2. The number of ether oxygens (including phenoxy) is 2. The quantitative estimate of drug-likeness (QED) is 0.710. The molecule has 2 unspecified atom stereocenters. The van der Waals surface area contributed by atoms with Crippen LogP contribution in [-0.4, -0.2) is 38.5 Å². The van der Waals surface area contributed by atoms with E-state index in [2.05, 4.69) is 12.2 Å². The Kier molecular flexibility index (Phi) is 5.46. The molecule has 0 aromatic rings. The van der Waals surface area contributed by atoms with Crippen LogP contribution in [0.15, 0.2) is 0 Å². The van der Waals surface area contributed by atoms with E-state index in [1.165, 1.54) is 38.5 Å². The summed E-state index contributed by atoms with van der Waals surface area (Å²) in [4.78, 5) is 0. The second kappa shape index (κ2) is 6.88. The molecule has 0 heterocycles. The van der Waals surface area contributed by atoms with Crippen molar-refractivity contribution in [3.63, 3.8) is 0 Å². The van der Waals surface area contributed by atoms with Gasteiger partial charge in [0.2, 0.25) is 0 Å². The first-order valence-corrected chi connectivity index (χ1v) is 7.76. The first kappa shape index (κ1) is 14.3. The van der Waals surface area contributed by atoms with E-state index in [4.69, 9.17) is 9.47 Å². The molecule has 2 rings (SSSR count). The summed E-state index contributed by atoms with van der Waals surface area (Å²) in [5, 5.41) is 3.66. The highest BCUT2D eigenvalue weighted by Gasteiger charge is 2.55. The Morgan fingerprint density at radius 1 is 1.11 bits per heavy atom. The minimum absolute atomic E-state index is 0.445. The van der Waals surface area contributed by atoms with Crippen molar-refractivity contribution >= 4 is 0 Å². The predicted molar refractivity (Wildman–Crippen MR) is 73.8 cm³/mol. The van der Waals surface area contributed by atoms with E-state index in [-0.39, 0.29) is 0 Å². The summed E-state index contributed by atoms with van der Waals surface area (Å²) in [6.45, 7) is 7.62. The summed E-state index contributed by atoms with van der Waals surface area (Å²) in [5.41, 5.74) is 0.445. The lowest BCUT2D eigenvalue weighted by molar-refractivity contribution is -0.158. The van der Waals surface area contributed by atoms with Crippen molar-refractivity contribution in [1.82, 2.24) is 5.32 Å². The Labute approximate surface area is 112 Å². The molecule has 0 aliphatic heterocycles. The fourth-order valence-corrected chi connectivity index (χ4v) is 3.79. The third-order valence-electron chi connectivity index (χ3n) is 4.77. The molecule has 2 atom stereocenters. The van der Waals surface area contributed by atoms with Crippen LogP contribution in [0.25, 0.3) is 0 Å². The van der Waals surface area contributed by atoms with Crippen LogP contribution >= 0.6 is 0 Å². The van der Waals surface area contributed by atoms with Gasteiger partial charge >= 0.3 is 0 Å². The molecule has 106 valence electrons. The zero-order chi connectivity index (χ0) is 12.8. The molecule has 3 nitrogen and oxygen atoms in total. The number of nitrogens with one attached hydrogen (secondary N) is 1. The van der Waals surface area contributed by atoms with Gasteiger partial charge in [0.05, 0.1) is 19.3 Å². The summed E-state index contributed by atoms with van der Waals surface area (Å²) >= 11 is 0. The largest absolute Gasteiger partial charge is 0.379 e. The standard InChI is InChI=1S/C15H29NO2/c1-3-16-13-12-14(18-11-10-17-4-2)15(13)8-6-5-7-9-15/h13-14,16H,3-12H2,1-2H3. The molecule has 0 aromatic carbocycles. The molecule has 0 bridgehead atoms. The molecule has 0 saturated heterocycles. The number of rotatable bonds is 7. The van der Waals surface area contributed by atoms with Crippen LogP contribution in [0.2, 0.25) is 0 Å². The van der Waals surface area contributed by atoms with E-state index in [1.807, 2.05) is 6.92 Å². The highest BCUT2D eigenvalue weighted by atomic mass is 16.5. The minimum atomic E-state index is 0.445. The molecule has 0 aromatic heterocycles. The highest BCUT2D eigenvalue weighted by molar-refractivity contribution is 5.08. The van der Waals surface area contributed by atoms with Gasteiger partial charge in [-0.1, -0.05) is 26.2 Å². The molecule has 3 heteroatoms. The molecule has 2 aliphatic rings. The smallest absolute Gasteiger partial charge is 0.0704 e. The number of hydrogen-bond donors (Lipinski definition) is 1. The summed E-state index contributed by atoms with van der Waals surface area (Å²) in [7, 11) is 0. The van der Waals surface area contributed by atoms with E-state index in [0.717, 1.165) is 26.4 Å². The van der Waals surface area contributed by atoms with Crippen molar-refractivity contribution in [2.75, 3.05) is 26.4 Å². The van der Waals surface area contributed by atoms with Gasteiger partial charge in [0.15, 0.2) is 0 Å². The summed E-state index contributed by atoms with van der Waals surface area (Å²) in [6.07, 6.45) is 8.54. The Bertz CT molecular complexity index is 239. The van der Waals surface area contributed by atoms with Crippen molar-refractivity contribution in [3.8, 4) is 0 Å². The van der Waals surface area contributed by atoms with E-state index in [9.17, 15) is 0 Å². The fraction of sp³-hybridized carbons (Fsp3) is 1.00. The van der Waals surface area contributed by atoms with Crippen LogP contribution in [0.3, 0.4) is 0 Å². The molecule has 0 radical (unpaired) electrons. The maximum atomic E-state index is 6.08. The van der Waals surface area contributed by atoms with Gasteiger partial charge < -0.3 is 14.8 Å². The monoisotopic (exact) mass is 255 g/mol. The molecule has 2 aliphatic carbocycles. The van der Waals surface area contributed by atoms with Crippen LogP contribution in [0.4, 0.5) is 0 Å². The summed E-state index contributed by atoms with van der Waals surface area (Å²) in [6, 6.07) is 0.694. The molecule has 1 spiro atoms. The van der Waals surface area contributed by atoms with Gasteiger partial charge in [0, 0.05) is 18.1 Å². The number of hydrogen-bond acceptors (Lipinski definition) is 3. The summed E-state index contributed by atoms with van der Waals surface area (Å²) in [5.74, 6) is 0. The maximum absolute atomic E-state index is 6.08. The topological polar surface area (TPSA) is 30.5 Å². The van der Waals surface area contributed by atoms with Crippen LogP contribution in [-0.2, 0) is 9.47 Å². The minimum Gasteiger partial charge on any atom is -0.379 e. The predicted octanol–water partition coefficient (Wildman–Crippen LogP) is 2.74. The molecule has 18 heavy (non-hydrogen) atoms. The third kappa shape index (κ3) is 2.89. The zero-order valence-electron chi connectivity index (χ0n) is 12.0. The van der Waals surface area contributed by atoms with Gasteiger partial charge in [0.25, 0.3) is 0 Å². The van der Waals surface area contributed by atoms with Crippen LogP contribution in [0.1, 0.15) is 52.4 Å². The van der Waals surface area contributed by atoms with Crippen LogP contribution < -0.4 is 5.32 Å². The Balaban J connectivity index is 1.82.